The third kappa shape index (κ3) is 4.23. The Hall–Kier alpha value is -3.92. The van der Waals surface area contributed by atoms with Gasteiger partial charge in [-0.15, -0.1) is 0 Å². The van der Waals surface area contributed by atoms with Crippen LogP contribution in [0.15, 0.2) is 60.8 Å². The molecule has 1 aliphatic rings. The number of piperazine rings is 1. The molecule has 0 bridgehead atoms. The molecule has 2 heterocycles. The normalized spacial score (nSPS) is 13.6. The predicted octanol–water partition coefficient (Wildman–Crippen LogP) is 3.36. The predicted molar refractivity (Wildman–Crippen MR) is 116 cm³/mol. The largest absolute Gasteiger partial charge is 0.368 e. The summed E-state index contributed by atoms with van der Waals surface area (Å²) in [5.74, 6) is 0.180. The molecule has 4 rings (SSSR count). The van der Waals surface area contributed by atoms with Crippen molar-refractivity contribution >= 4 is 23.2 Å². The highest BCUT2D eigenvalue weighted by Gasteiger charge is 2.23. The summed E-state index contributed by atoms with van der Waals surface area (Å²) >= 11 is 0. The first-order chi connectivity index (χ1) is 14.6. The number of hydrogen-bond acceptors (Lipinski definition) is 6. The van der Waals surface area contributed by atoms with Gasteiger partial charge in [-0.05, 0) is 42.8 Å². The van der Waals surface area contributed by atoms with Gasteiger partial charge in [-0.2, -0.15) is 5.26 Å². The van der Waals surface area contributed by atoms with Gasteiger partial charge < -0.3 is 15.1 Å². The first-order valence-corrected chi connectivity index (χ1v) is 9.84. The van der Waals surface area contributed by atoms with Crippen LogP contribution in [0.2, 0.25) is 0 Å². The number of nitriles is 1. The highest BCUT2D eigenvalue weighted by molar-refractivity contribution is 5.92. The number of nitrogens with one attached hydrogen (secondary N) is 1. The molecule has 0 atom stereocenters. The van der Waals surface area contributed by atoms with E-state index in [1.165, 1.54) is 11.3 Å². The number of aryl methyl sites for hydroxylation is 1. The maximum absolute atomic E-state index is 13.0. The Kier molecular flexibility index (Phi) is 5.57. The molecule has 7 heteroatoms. The fourth-order valence-electron chi connectivity index (χ4n) is 3.50. The number of carbonyl (C=O) groups is 1. The number of carbonyl (C=O) groups excluding carboxylic acids is 1. The summed E-state index contributed by atoms with van der Waals surface area (Å²) in [7, 11) is 0. The Morgan fingerprint density at radius 1 is 1.07 bits per heavy atom. The van der Waals surface area contributed by atoms with Gasteiger partial charge in [-0.1, -0.05) is 24.3 Å². The third-order valence-electron chi connectivity index (χ3n) is 5.10. The van der Waals surface area contributed by atoms with Crippen molar-refractivity contribution in [3.63, 3.8) is 0 Å². The van der Waals surface area contributed by atoms with Crippen LogP contribution >= 0.6 is 0 Å². The summed E-state index contributed by atoms with van der Waals surface area (Å²) in [4.78, 5) is 25.6. The molecule has 1 fully saturated rings. The van der Waals surface area contributed by atoms with Crippen LogP contribution in [-0.2, 0) is 0 Å². The van der Waals surface area contributed by atoms with Crippen LogP contribution in [0.3, 0.4) is 0 Å². The van der Waals surface area contributed by atoms with E-state index in [-0.39, 0.29) is 5.91 Å². The van der Waals surface area contributed by atoms with Crippen molar-refractivity contribution in [2.45, 2.75) is 6.92 Å². The topological polar surface area (TPSA) is 85.1 Å². The lowest BCUT2D eigenvalue weighted by Gasteiger charge is -2.36. The molecular weight excluding hydrogens is 376 g/mol. The Morgan fingerprint density at radius 3 is 2.63 bits per heavy atom. The highest BCUT2D eigenvalue weighted by atomic mass is 16.2. The van der Waals surface area contributed by atoms with Crippen molar-refractivity contribution in [1.29, 1.82) is 5.26 Å². The average molecular weight is 398 g/mol. The third-order valence-corrected chi connectivity index (χ3v) is 5.10. The van der Waals surface area contributed by atoms with E-state index in [9.17, 15) is 10.1 Å². The summed E-state index contributed by atoms with van der Waals surface area (Å²) in [6.45, 7) is 4.91. The molecule has 0 radical (unpaired) electrons. The summed E-state index contributed by atoms with van der Waals surface area (Å²) in [6.07, 6.45) is 1.56. The quantitative estimate of drug-likeness (QED) is 0.725. The van der Waals surface area contributed by atoms with Crippen molar-refractivity contribution in [3.8, 4) is 6.07 Å². The van der Waals surface area contributed by atoms with Crippen LogP contribution < -0.4 is 10.2 Å². The Bertz CT molecular complexity index is 1100. The minimum absolute atomic E-state index is 0.113. The SMILES string of the molecule is Cc1cccc(N2CCN(C(=O)c3ccnc(Nc4ccccc4C#N)n3)CC2)c1. The van der Waals surface area contributed by atoms with Crippen LogP contribution in [0, 0.1) is 18.3 Å². The molecule has 1 amide bonds. The molecule has 1 aromatic heterocycles. The van der Waals surface area contributed by atoms with E-state index >= 15 is 0 Å². The Labute approximate surface area is 175 Å². The van der Waals surface area contributed by atoms with Gasteiger partial charge in [0, 0.05) is 38.1 Å². The first kappa shape index (κ1) is 19.4. The van der Waals surface area contributed by atoms with Crippen molar-refractivity contribution < 1.29 is 4.79 Å². The number of anilines is 3. The van der Waals surface area contributed by atoms with Crippen LogP contribution in [0.1, 0.15) is 21.6 Å². The van der Waals surface area contributed by atoms with Crippen LogP contribution in [-0.4, -0.2) is 47.0 Å². The van der Waals surface area contributed by atoms with E-state index in [1.807, 2.05) is 11.0 Å². The minimum Gasteiger partial charge on any atom is -0.368 e. The molecule has 150 valence electrons. The van der Waals surface area contributed by atoms with Crippen molar-refractivity contribution in [2.75, 3.05) is 36.4 Å². The van der Waals surface area contributed by atoms with Gasteiger partial charge in [0.1, 0.15) is 11.8 Å². The zero-order valence-corrected chi connectivity index (χ0v) is 16.7. The van der Waals surface area contributed by atoms with Crippen molar-refractivity contribution in [1.82, 2.24) is 14.9 Å². The maximum Gasteiger partial charge on any atom is 0.272 e. The molecule has 30 heavy (non-hydrogen) atoms. The Balaban J connectivity index is 1.43. The van der Waals surface area contributed by atoms with Crippen LogP contribution in [0.5, 0.6) is 0 Å². The first-order valence-electron chi connectivity index (χ1n) is 9.84. The second-order valence-corrected chi connectivity index (χ2v) is 7.17. The van der Waals surface area contributed by atoms with Gasteiger partial charge in [0.15, 0.2) is 0 Å². The molecule has 1 N–H and O–H groups in total. The monoisotopic (exact) mass is 398 g/mol. The number of amides is 1. The number of rotatable bonds is 4. The maximum atomic E-state index is 13.0. The molecule has 0 spiro atoms. The summed E-state index contributed by atoms with van der Waals surface area (Å²) < 4.78 is 0. The van der Waals surface area contributed by atoms with Crippen LogP contribution in [0.25, 0.3) is 0 Å². The molecular formula is C23H22N6O. The zero-order valence-electron chi connectivity index (χ0n) is 16.7. The Morgan fingerprint density at radius 2 is 1.87 bits per heavy atom. The van der Waals surface area contributed by atoms with Crippen LogP contribution in [0.4, 0.5) is 17.3 Å². The van der Waals surface area contributed by atoms with E-state index in [0.29, 0.717) is 36.0 Å². The smallest absolute Gasteiger partial charge is 0.272 e. The molecule has 1 saturated heterocycles. The van der Waals surface area contributed by atoms with E-state index < -0.39 is 0 Å². The van der Waals surface area contributed by atoms with Gasteiger partial charge >= 0.3 is 0 Å². The van der Waals surface area contributed by atoms with E-state index in [1.54, 1.807) is 30.5 Å². The minimum atomic E-state index is -0.113. The van der Waals surface area contributed by atoms with E-state index in [2.05, 4.69) is 57.4 Å². The van der Waals surface area contributed by atoms with Gasteiger partial charge in [-0.3, -0.25) is 4.79 Å². The molecule has 3 aromatic rings. The summed E-state index contributed by atoms with van der Waals surface area (Å²) in [5.41, 5.74) is 3.85. The molecule has 0 saturated carbocycles. The second-order valence-electron chi connectivity index (χ2n) is 7.17. The van der Waals surface area contributed by atoms with E-state index in [0.717, 1.165) is 13.1 Å². The highest BCUT2D eigenvalue weighted by Crippen LogP contribution is 2.20. The van der Waals surface area contributed by atoms with Crippen molar-refractivity contribution in [3.05, 3.63) is 77.6 Å². The lowest BCUT2D eigenvalue weighted by atomic mass is 10.2. The number of para-hydroxylation sites is 1. The molecule has 7 nitrogen and oxygen atoms in total. The lowest BCUT2D eigenvalue weighted by Crippen LogP contribution is -2.49. The second kappa shape index (κ2) is 8.62. The van der Waals surface area contributed by atoms with Gasteiger partial charge in [0.2, 0.25) is 5.95 Å². The lowest BCUT2D eigenvalue weighted by molar-refractivity contribution is 0.0741. The van der Waals surface area contributed by atoms with Gasteiger partial charge in [0.25, 0.3) is 5.91 Å². The number of nitrogens with zero attached hydrogens (tertiary/aromatic N) is 5. The van der Waals surface area contributed by atoms with E-state index in [4.69, 9.17) is 0 Å². The number of aromatic nitrogens is 2. The molecule has 0 unspecified atom stereocenters. The average Bonchev–Trinajstić information content (AvgIpc) is 2.79. The molecule has 1 aliphatic heterocycles. The fraction of sp³-hybridized carbons (Fsp3) is 0.217. The van der Waals surface area contributed by atoms with Gasteiger partial charge in [-0.25, -0.2) is 9.97 Å². The standard InChI is InChI=1S/C23H22N6O/c1-17-5-4-7-19(15-17)28-11-13-29(14-12-28)22(30)21-9-10-25-23(27-21)26-20-8-3-2-6-18(20)16-24/h2-10,15H,11-14H2,1H3,(H,25,26,27). The number of hydrogen-bond donors (Lipinski definition) is 1. The van der Waals surface area contributed by atoms with Gasteiger partial charge in [0.05, 0.1) is 11.3 Å². The van der Waals surface area contributed by atoms with Crippen molar-refractivity contribution in [2.24, 2.45) is 0 Å². The zero-order chi connectivity index (χ0) is 20.9. The molecule has 0 aliphatic carbocycles. The number of benzene rings is 2. The summed E-state index contributed by atoms with van der Waals surface area (Å²) in [5, 5.41) is 12.3. The fourth-order valence-corrected chi connectivity index (χ4v) is 3.50. The molecule has 2 aromatic carbocycles. The summed E-state index contributed by atoms with van der Waals surface area (Å²) in [6, 6.07) is 19.3.